The molecular formula is C21H32N2O3. The molecule has 0 bridgehead atoms. The van der Waals surface area contributed by atoms with Gasteiger partial charge in [0.05, 0.1) is 7.11 Å². The predicted molar refractivity (Wildman–Crippen MR) is 103 cm³/mol. The number of ether oxygens (including phenoxy) is 1. The Kier molecular flexibility index (Phi) is 7.95. The van der Waals surface area contributed by atoms with E-state index in [0.717, 1.165) is 24.2 Å². The van der Waals surface area contributed by atoms with E-state index >= 15 is 0 Å². The van der Waals surface area contributed by atoms with E-state index in [1.54, 1.807) is 12.0 Å². The first-order valence-electron chi connectivity index (χ1n) is 9.81. The van der Waals surface area contributed by atoms with Crippen molar-refractivity contribution in [3.63, 3.8) is 0 Å². The van der Waals surface area contributed by atoms with Crippen LogP contribution in [0.1, 0.15) is 64.4 Å². The van der Waals surface area contributed by atoms with Crippen molar-refractivity contribution in [2.75, 3.05) is 7.11 Å². The number of hydrogen-bond donors (Lipinski definition) is 1. The van der Waals surface area contributed by atoms with Crippen LogP contribution in [0.5, 0.6) is 5.75 Å². The molecule has 0 aromatic heterocycles. The minimum Gasteiger partial charge on any atom is -0.497 e. The molecule has 1 aromatic carbocycles. The van der Waals surface area contributed by atoms with Crippen molar-refractivity contribution in [3.05, 3.63) is 29.8 Å². The van der Waals surface area contributed by atoms with Gasteiger partial charge in [-0.3, -0.25) is 9.59 Å². The summed E-state index contributed by atoms with van der Waals surface area (Å²) in [6.45, 7) is 4.25. The van der Waals surface area contributed by atoms with Gasteiger partial charge in [-0.2, -0.15) is 0 Å². The molecule has 0 heterocycles. The summed E-state index contributed by atoms with van der Waals surface area (Å²) in [7, 11) is 1.63. The van der Waals surface area contributed by atoms with E-state index in [-0.39, 0.29) is 17.9 Å². The third kappa shape index (κ3) is 5.48. The lowest BCUT2D eigenvalue weighted by Gasteiger charge is -2.32. The first-order valence-corrected chi connectivity index (χ1v) is 9.81. The van der Waals surface area contributed by atoms with Crippen molar-refractivity contribution >= 4 is 11.8 Å². The minimum atomic E-state index is -0.425. The molecule has 26 heavy (non-hydrogen) atoms. The number of hydrogen-bond acceptors (Lipinski definition) is 3. The average Bonchev–Trinajstić information content (AvgIpc) is 2.68. The standard InChI is InChI=1S/C21H32N2O3/c1-4-19(21(25)22-17-9-7-6-8-10-17)23(20(24)5-2)15-16-11-13-18(26-3)14-12-16/h11-14,17,19H,4-10,15H2,1-3H3,(H,22,25)/t19-/m1/s1. The molecule has 1 aromatic rings. The zero-order valence-electron chi connectivity index (χ0n) is 16.3. The van der Waals surface area contributed by atoms with Crippen molar-refractivity contribution in [2.45, 2.75) is 77.4 Å². The number of methoxy groups -OCH3 is 1. The van der Waals surface area contributed by atoms with Crippen molar-refractivity contribution in [2.24, 2.45) is 0 Å². The monoisotopic (exact) mass is 360 g/mol. The van der Waals surface area contributed by atoms with Gasteiger partial charge >= 0.3 is 0 Å². The zero-order chi connectivity index (χ0) is 18.9. The number of carbonyl (C=O) groups is 2. The molecule has 1 saturated carbocycles. The first-order chi connectivity index (χ1) is 12.6. The molecule has 5 heteroatoms. The summed E-state index contributed by atoms with van der Waals surface area (Å²) in [6, 6.07) is 7.48. The molecule has 0 spiro atoms. The topological polar surface area (TPSA) is 58.6 Å². The number of nitrogens with zero attached hydrogens (tertiary/aromatic N) is 1. The van der Waals surface area contributed by atoms with E-state index in [4.69, 9.17) is 4.74 Å². The summed E-state index contributed by atoms with van der Waals surface area (Å²) in [5.41, 5.74) is 0.997. The average molecular weight is 360 g/mol. The van der Waals surface area contributed by atoms with Crippen LogP contribution in [0.3, 0.4) is 0 Å². The molecule has 1 fully saturated rings. The Morgan fingerprint density at radius 2 is 1.81 bits per heavy atom. The third-order valence-electron chi connectivity index (χ3n) is 5.15. The maximum atomic E-state index is 12.9. The Morgan fingerprint density at radius 3 is 2.35 bits per heavy atom. The van der Waals surface area contributed by atoms with Crippen molar-refractivity contribution in [1.29, 1.82) is 0 Å². The molecule has 2 amide bonds. The smallest absolute Gasteiger partial charge is 0.243 e. The fourth-order valence-corrected chi connectivity index (χ4v) is 3.59. The van der Waals surface area contributed by atoms with Crippen molar-refractivity contribution in [3.8, 4) is 5.75 Å². The summed E-state index contributed by atoms with van der Waals surface area (Å²) in [6.07, 6.45) is 6.69. The van der Waals surface area contributed by atoms with Crippen LogP contribution in [-0.2, 0) is 16.1 Å². The number of benzene rings is 1. The van der Waals surface area contributed by atoms with Crippen LogP contribution in [0.15, 0.2) is 24.3 Å². The Hall–Kier alpha value is -2.04. The molecule has 1 aliphatic rings. The van der Waals surface area contributed by atoms with Gasteiger partial charge in [-0.25, -0.2) is 0 Å². The van der Waals surface area contributed by atoms with Gasteiger partial charge in [0.2, 0.25) is 11.8 Å². The second-order valence-electron chi connectivity index (χ2n) is 6.99. The van der Waals surface area contributed by atoms with Crippen LogP contribution >= 0.6 is 0 Å². The summed E-state index contributed by atoms with van der Waals surface area (Å²) < 4.78 is 5.19. The van der Waals surface area contributed by atoms with Crippen molar-refractivity contribution < 1.29 is 14.3 Å². The summed E-state index contributed by atoms with van der Waals surface area (Å²) in [5.74, 6) is 0.769. The summed E-state index contributed by atoms with van der Waals surface area (Å²) in [4.78, 5) is 27.1. The van der Waals surface area contributed by atoms with Gasteiger partial charge < -0.3 is 15.0 Å². The van der Waals surface area contributed by atoms with Gasteiger partial charge in [0, 0.05) is 19.0 Å². The molecule has 0 radical (unpaired) electrons. The van der Waals surface area contributed by atoms with Crippen LogP contribution < -0.4 is 10.1 Å². The zero-order valence-corrected chi connectivity index (χ0v) is 16.3. The van der Waals surface area contributed by atoms with Crippen LogP contribution in [0.2, 0.25) is 0 Å². The van der Waals surface area contributed by atoms with E-state index in [0.29, 0.717) is 19.4 Å². The van der Waals surface area contributed by atoms with Gasteiger partial charge in [-0.15, -0.1) is 0 Å². The van der Waals surface area contributed by atoms with Gasteiger partial charge in [0.15, 0.2) is 0 Å². The maximum Gasteiger partial charge on any atom is 0.243 e. The molecule has 1 atom stereocenters. The Labute approximate surface area is 157 Å². The fraction of sp³-hybridized carbons (Fsp3) is 0.619. The molecule has 1 aliphatic carbocycles. The van der Waals surface area contributed by atoms with Gasteiger partial charge in [-0.1, -0.05) is 45.2 Å². The van der Waals surface area contributed by atoms with E-state index < -0.39 is 6.04 Å². The highest BCUT2D eigenvalue weighted by Crippen LogP contribution is 2.20. The van der Waals surface area contributed by atoms with E-state index in [9.17, 15) is 9.59 Å². The number of carbonyl (C=O) groups excluding carboxylic acids is 2. The van der Waals surface area contributed by atoms with Crippen LogP contribution in [0, 0.1) is 0 Å². The third-order valence-corrected chi connectivity index (χ3v) is 5.15. The second-order valence-corrected chi connectivity index (χ2v) is 6.99. The van der Waals surface area contributed by atoms with E-state index in [2.05, 4.69) is 5.32 Å². The molecule has 0 saturated heterocycles. The van der Waals surface area contributed by atoms with E-state index in [1.165, 1.54) is 19.3 Å². The van der Waals surface area contributed by atoms with E-state index in [1.807, 2.05) is 38.1 Å². The highest BCUT2D eigenvalue weighted by molar-refractivity contribution is 5.87. The largest absolute Gasteiger partial charge is 0.497 e. The molecule has 1 N–H and O–H groups in total. The van der Waals surface area contributed by atoms with Gasteiger partial charge in [0.25, 0.3) is 0 Å². The van der Waals surface area contributed by atoms with Crippen molar-refractivity contribution in [1.82, 2.24) is 10.2 Å². The Bertz CT molecular complexity index is 579. The fourth-order valence-electron chi connectivity index (χ4n) is 3.59. The minimum absolute atomic E-state index is 0.00598. The second kappa shape index (κ2) is 10.2. The molecule has 2 rings (SSSR count). The molecule has 5 nitrogen and oxygen atoms in total. The number of rotatable bonds is 8. The van der Waals surface area contributed by atoms with Gasteiger partial charge in [0.1, 0.15) is 11.8 Å². The Balaban J connectivity index is 2.10. The highest BCUT2D eigenvalue weighted by Gasteiger charge is 2.29. The normalized spacial score (nSPS) is 16.0. The molecule has 0 unspecified atom stereocenters. The maximum absolute atomic E-state index is 12.9. The predicted octanol–water partition coefficient (Wildman–Crippen LogP) is 3.66. The highest BCUT2D eigenvalue weighted by atomic mass is 16.5. The lowest BCUT2D eigenvalue weighted by Crippen LogP contribution is -2.51. The lowest BCUT2D eigenvalue weighted by molar-refractivity contribution is -0.141. The SMILES string of the molecule is CCC(=O)N(Cc1ccc(OC)cc1)[C@H](CC)C(=O)NC1CCCCC1. The molecular weight excluding hydrogens is 328 g/mol. The quantitative estimate of drug-likeness (QED) is 0.770. The van der Waals surface area contributed by atoms with Crippen LogP contribution in [0.25, 0.3) is 0 Å². The molecule has 0 aliphatic heterocycles. The Morgan fingerprint density at radius 1 is 1.15 bits per heavy atom. The number of nitrogens with one attached hydrogen (secondary N) is 1. The lowest BCUT2D eigenvalue weighted by atomic mass is 9.95. The summed E-state index contributed by atoms with van der Waals surface area (Å²) >= 11 is 0. The molecule has 144 valence electrons. The first kappa shape index (κ1) is 20.3. The number of amides is 2. The van der Waals surface area contributed by atoms with Crippen LogP contribution in [-0.4, -0.2) is 35.9 Å². The van der Waals surface area contributed by atoms with Crippen LogP contribution in [0.4, 0.5) is 0 Å². The summed E-state index contributed by atoms with van der Waals surface area (Å²) in [5, 5.41) is 3.18. The van der Waals surface area contributed by atoms with Gasteiger partial charge in [-0.05, 0) is 37.0 Å².